The van der Waals surface area contributed by atoms with Crippen molar-refractivity contribution in [3.05, 3.63) is 33.8 Å². The number of aryl methyl sites for hydroxylation is 1. The van der Waals surface area contributed by atoms with Gasteiger partial charge >= 0.3 is 0 Å². The topological polar surface area (TPSA) is 0 Å². The van der Waals surface area contributed by atoms with Crippen LogP contribution in [0.25, 0.3) is 0 Å². The molecule has 0 N–H and O–H groups in total. The molecule has 2 rings (SSSR count). The van der Waals surface area contributed by atoms with Crippen LogP contribution in [0.1, 0.15) is 22.9 Å². The van der Waals surface area contributed by atoms with Gasteiger partial charge in [0.05, 0.1) is 5.38 Å². The molecule has 0 spiro atoms. The van der Waals surface area contributed by atoms with Gasteiger partial charge in [-0.15, -0.1) is 11.6 Å². The van der Waals surface area contributed by atoms with Crippen molar-refractivity contribution in [3.8, 4) is 0 Å². The van der Waals surface area contributed by atoms with E-state index in [0.717, 1.165) is 17.3 Å². The molecule has 1 atom stereocenters. The first-order valence-electron chi connectivity index (χ1n) is 3.70. The third-order valence-electron chi connectivity index (χ3n) is 2.11. The summed E-state index contributed by atoms with van der Waals surface area (Å²) in [7, 11) is 0. The minimum Gasteiger partial charge on any atom is -0.118 e. The Bertz CT molecular complexity index is 283. The second-order valence-electron chi connectivity index (χ2n) is 2.85. The van der Waals surface area contributed by atoms with Gasteiger partial charge in [0, 0.05) is 4.47 Å². The minimum atomic E-state index is 0.248. The molecule has 1 aliphatic rings. The summed E-state index contributed by atoms with van der Waals surface area (Å²) in [6.45, 7) is 0. The molecule has 1 aromatic rings. The van der Waals surface area contributed by atoms with E-state index in [1.807, 2.05) is 0 Å². The average molecular weight is 232 g/mol. The number of rotatable bonds is 0. The Morgan fingerprint density at radius 2 is 2.27 bits per heavy atom. The SMILES string of the molecule is Cl[C@H]1CCc2cc(Br)ccc21. The summed E-state index contributed by atoms with van der Waals surface area (Å²) in [5.74, 6) is 0. The van der Waals surface area contributed by atoms with Crippen molar-refractivity contribution < 1.29 is 0 Å². The van der Waals surface area contributed by atoms with Crippen LogP contribution in [0.2, 0.25) is 0 Å². The van der Waals surface area contributed by atoms with Crippen molar-refractivity contribution >= 4 is 27.5 Å². The van der Waals surface area contributed by atoms with Gasteiger partial charge in [-0.3, -0.25) is 0 Å². The molecule has 0 radical (unpaired) electrons. The summed E-state index contributed by atoms with van der Waals surface area (Å²) in [5, 5.41) is 0.248. The molecule has 1 aromatic carbocycles. The van der Waals surface area contributed by atoms with Crippen molar-refractivity contribution in [3.63, 3.8) is 0 Å². The highest BCUT2D eigenvalue weighted by molar-refractivity contribution is 9.10. The maximum Gasteiger partial charge on any atom is 0.0591 e. The molecular formula is C9H8BrCl. The fourth-order valence-electron chi connectivity index (χ4n) is 1.53. The number of alkyl halides is 1. The summed E-state index contributed by atoms with van der Waals surface area (Å²) in [5.41, 5.74) is 2.72. The largest absolute Gasteiger partial charge is 0.118 e. The summed E-state index contributed by atoms with van der Waals surface area (Å²) < 4.78 is 1.15. The first-order chi connectivity index (χ1) is 5.27. The predicted octanol–water partition coefficient (Wildman–Crippen LogP) is 3.68. The molecule has 0 unspecified atom stereocenters. The van der Waals surface area contributed by atoms with Crippen LogP contribution in [0.15, 0.2) is 22.7 Å². The van der Waals surface area contributed by atoms with Gasteiger partial charge in [-0.25, -0.2) is 0 Å². The molecule has 0 aliphatic heterocycles. The fraction of sp³-hybridized carbons (Fsp3) is 0.333. The van der Waals surface area contributed by atoms with E-state index < -0.39 is 0 Å². The van der Waals surface area contributed by atoms with E-state index in [-0.39, 0.29) is 5.38 Å². The molecule has 2 heteroatoms. The lowest BCUT2D eigenvalue weighted by Crippen LogP contribution is -1.82. The standard InChI is InChI=1S/C9H8BrCl/c10-7-2-3-8-6(5-7)1-4-9(8)11/h2-3,5,9H,1,4H2/t9-/m0/s1. The monoisotopic (exact) mass is 230 g/mol. The molecule has 0 saturated heterocycles. The molecule has 11 heavy (non-hydrogen) atoms. The van der Waals surface area contributed by atoms with Crippen LogP contribution in [0, 0.1) is 0 Å². The summed E-state index contributed by atoms with van der Waals surface area (Å²) >= 11 is 9.52. The molecule has 0 fully saturated rings. The number of hydrogen-bond donors (Lipinski definition) is 0. The smallest absolute Gasteiger partial charge is 0.0591 e. The van der Waals surface area contributed by atoms with Crippen molar-refractivity contribution in [2.24, 2.45) is 0 Å². The van der Waals surface area contributed by atoms with E-state index in [1.54, 1.807) is 0 Å². The molecule has 0 aromatic heterocycles. The highest BCUT2D eigenvalue weighted by atomic mass is 79.9. The molecule has 0 amide bonds. The number of benzene rings is 1. The Kier molecular flexibility index (Phi) is 1.94. The van der Waals surface area contributed by atoms with Crippen LogP contribution in [0.5, 0.6) is 0 Å². The number of halogens is 2. The van der Waals surface area contributed by atoms with Crippen LogP contribution in [-0.4, -0.2) is 0 Å². The second kappa shape index (κ2) is 2.80. The van der Waals surface area contributed by atoms with Gasteiger partial charge < -0.3 is 0 Å². The first kappa shape index (κ1) is 7.63. The average Bonchev–Trinajstić information content (AvgIpc) is 2.32. The Morgan fingerprint density at radius 1 is 1.45 bits per heavy atom. The zero-order valence-corrected chi connectivity index (χ0v) is 8.32. The molecular weight excluding hydrogens is 223 g/mol. The zero-order chi connectivity index (χ0) is 7.84. The minimum absolute atomic E-state index is 0.248. The van der Waals surface area contributed by atoms with E-state index in [0.29, 0.717) is 0 Å². The van der Waals surface area contributed by atoms with E-state index in [2.05, 4.69) is 34.1 Å². The van der Waals surface area contributed by atoms with E-state index in [9.17, 15) is 0 Å². The van der Waals surface area contributed by atoms with Crippen LogP contribution < -0.4 is 0 Å². The van der Waals surface area contributed by atoms with E-state index >= 15 is 0 Å². The summed E-state index contributed by atoms with van der Waals surface area (Å²) in [6.07, 6.45) is 2.22. The fourth-order valence-corrected chi connectivity index (χ4v) is 2.26. The molecule has 58 valence electrons. The molecule has 0 bridgehead atoms. The van der Waals surface area contributed by atoms with Gasteiger partial charge in [0.2, 0.25) is 0 Å². The van der Waals surface area contributed by atoms with E-state index in [4.69, 9.17) is 11.6 Å². The van der Waals surface area contributed by atoms with Crippen LogP contribution in [0.4, 0.5) is 0 Å². The zero-order valence-electron chi connectivity index (χ0n) is 5.98. The van der Waals surface area contributed by atoms with Crippen molar-refractivity contribution in [1.29, 1.82) is 0 Å². The van der Waals surface area contributed by atoms with Gasteiger partial charge in [-0.2, -0.15) is 0 Å². The van der Waals surface area contributed by atoms with Crippen LogP contribution in [0.3, 0.4) is 0 Å². The van der Waals surface area contributed by atoms with Gasteiger partial charge in [-0.05, 0) is 36.1 Å². The Hall–Kier alpha value is -0.0100. The lowest BCUT2D eigenvalue weighted by Gasteiger charge is -2.01. The first-order valence-corrected chi connectivity index (χ1v) is 4.93. The predicted molar refractivity (Wildman–Crippen MR) is 51.1 cm³/mol. The molecule has 0 heterocycles. The Balaban J connectivity index is 2.50. The van der Waals surface area contributed by atoms with Gasteiger partial charge in [-0.1, -0.05) is 22.0 Å². The summed E-state index contributed by atoms with van der Waals surface area (Å²) in [4.78, 5) is 0. The maximum atomic E-state index is 6.08. The lowest BCUT2D eigenvalue weighted by molar-refractivity contribution is 0.882. The lowest BCUT2D eigenvalue weighted by atomic mass is 10.1. The van der Waals surface area contributed by atoms with Gasteiger partial charge in [0.25, 0.3) is 0 Å². The highest BCUT2D eigenvalue weighted by Gasteiger charge is 2.19. The summed E-state index contributed by atoms with van der Waals surface area (Å²) in [6, 6.07) is 6.33. The number of hydrogen-bond acceptors (Lipinski definition) is 0. The Morgan fingerprint density at radius 3 is 3.09 bits per heavy atom. The molecule has 1 aliphatic carbocycles. The Labute approximate surface area is 79.7 Å². The third-order valence-corrected chi connectivity index (χ3v) is 3.06. The number of fused-ring (bicyclic) bond motifs is 1. The second-order valence-corrected chi connectivity index (χ2v) is 4.29. The normalized spacial score (nSPS) is 21.8. The van der Waals surface area contributed by atoms with Crippen LogP contribution in [-0.2, 0) is 6.42 Å². The van der Waals surface area contributed by atoms with Crippen molar-refractivity contribution in [2.45, 2.75) is 18.2 Å². The highest BCUT2D eigenvalue weighted by Crippen LogP contribution is 2.36. The molecule has 0 saturated carbocycles. The van der Waals surface area contributed by atoms with E-state index in [1.165, 1.54) is 11.1 Å². The quantitative estimate of drug-likeness (QED) is 0.598. The maximum absolute atomic E-state index is 6.08. The molecule has 0 nitrogen and oxygen atoms in total. The van der Waals surface area contributed by atoms with Gasteiger partial charge in [0.1, 0.15) is 0 Å². The van der Waals surface area contributed by atoms with Crippen LogP contribution >= 0.6 is 27.5 Å². The van der Waals surface area contributed by atoms with Gasteiger partial charge in [0.15, 0.2) is 0 Å². The van der Waals surface area contributed by atoms with Crippen molar-refractivity contribution in [2.75, 3.05) is 0 Å². The van der Waals surface area contributed by atoms with Crippen molar-refractivity contribution in [1.82, 2.24) is 0 Å². The third kappa shape index (κ3) is 1.32.